The molecule has 1 rings (SSSR count). The highest BCUT2D eigenvalue weighted by atomic mass is 16.5. The predicted molar refractivity (Wildman–Crippen MR) is 57.0 cm³/mol. The van der Waals surface area contributed by atoms with Crippen molar-refractivity contribution in [1.82, 2.24) is 0 Å². The third kappa shape index (κ3) is 2.48. The molecule has 1 nitrogen and oxygen atoms in total. The molecule has 0 bridgehead atoms. The Labute approximate surface area is 79.4 Å². The van der Waals surface area contributed by atoms with Gasteiger partial charge in [-0.2, -0.15) is 0 Å². The van der Waals surface area contributed by atoms with Crippen LogP contribution in [0.2, 0.25) is 0 Å². The van der Waals surface area contributed by atoms with Gasteiger partial charge in [-0.05, 0) is 30.2 Å². The van der Waals surface area contributed by atoms with E-state index in [-0.39, 0.29) is 0 Å². The fraction of sp³-hybridized carbons (Fsp3) is 0.167. The lowest BCUT2D eigenvalue weighted by molar-refractivity contribution is 0.411. The van der Waals surface area contributed by atoms with Crippen LogP contribution in [0.15, 0.2) is 36.9 Å². The molecule has 0 unspecified atom stereocenters. The number of ether oxygens (including phenoxy) is 1. The van der Waals surface area contributed by atoms with Gasteiger partial charge in [-0.3, -0.25) is 0 Å². The minimum Gasteiger partial charge on any atom is -0.496 e. The Hall–Kier alpha value is -1.50. The van der Waals surface area contributed by atoms with Crippen LogP contribution >= 0.6 is 0 Å². The fourth-order valence-corrected chi connectivity index (χ4v) is 1.18. The zero-order chi connectivity index (χ0) is 9.68. The normalized spacial score (nSPS) is 10.3. The Morgan fingerprint density at radius 2 is 2.15 bits per heavy atom. The molecule has 0 aromatic heterocycles. The van der Waals surface area contributed by atoms with E-state index in [2.05, 4.69) is 12.6 Å². The topological polar surface area (TPSA) is 9.23 Å². The molecule has 0 spiro atoms. The molecule has 0 aliphatic carbocycles. The summed E-state index contributed by atoms with van der Waals surface area (Å²) in [6.45, 7) is 5.65. The molecular weight excluding hydrogens is 160 g/mol. The van der Waals surface area contributed by atoms with Crippen LogP contribution in [0.1, 0.15) is 11.1 Å². The predicted octanol–water partition coefficient (Wildman–Crippen LogP) is 3.20. The molecular formula is C12H14O. The largest absolute Gasteiger partial charge is 0.496 e. The van der Waals surface area contributed by atoms with Gasteiger partial charge >= 0.3 is 0 Å². The first kappa shape index (κ1) is 9.59. The van der Waals surface area contributed by atoms with Crippen LogP contribution in [0.3, 0.4) is 0 Å². The summed E-state index contributed by atoms with van der Waals surface area (Å²) in [4.78, 5) is 0. The maximum absolute atomic E-state index is 5.16. The Morgan fingerprint density at radius 3 is 2.69 bits per heavy atom. The zero-order valence-electron chi connectivity index (χ0n) is 8.08. The van der Waals surface area contributed by atoms with Crippen molar-refractivity contribution in [3.63, 3.8) is 0 Å². The number of hydrogen-bond donors (Lipinski definition) is 0. The summed E-state index contributed by atoms with van der Waals surface area (Å²) in [6, 6.07) is 6.07. The summed E-state index contributed by atoms with van der Waals surface area (Å²) in [5.41, 5.74) is 2.31. The van der Waals surface area contributed by atoms with Crippen molar-refractivity contribution in [2.45, 2.75) is 6.92 Å². The second kappa shape index (κ2) is 4.51. The van der Waals surface area contributed by atoms with Crippen LogP contribution in [0.4, 0.5) is 0 Å². The molecule has 68 valence electrons. The van der Waals surface area contributed by atoms with Gasteiger partial charge in [0.25, 0.3) is 0 Å². The monoisotopic (exact) mass is 174 g/mol. The van der Waals surface area contributed by atoms with Crippen molar-refractivity contribution in [3.8, 4) is 5.75 Å². The minimum absolute atomic E-state index is 0.927. The number of allylic oxidation sites excluding steroid dienone is 2. The van der Waals surface area contributed by atoms with E-state index in [0.29, 0.717) is 0 Å². The summed E-state index contributed by atoms with van der Waals surface area (Å²) in [5, 5.41) is 0. The lowest BCUT2D eigenvalue weighted by atomic mass is 10.1. The molecule has 1 aromatic rings. The molecule has 0 N–H and O–H groups in total. The molecule has 0 atom stereocenters. The SMILES string of the molecule is C=C/C=C/c1ccc(OC)c(C)c1. The van der Waals surface area contributed by atoms with E-state index in [1.54, 1.807) is 13.2 Å². The highest BCUT2D eigenvalue weighted by Crippen LogP contribution is 2.18. The van der Waals surface area contributed by atoms with Crippen molar-refractivity contribution >= 4 is 6.08 Å². The average molecular weight is 174 g/mol. The van der Waals surface area contributed by atoms with Gasteiger partial charge in [0.2, 0.25) is 0 Å². The molecule has 0 amide bonds. The maximum atomic E-state index is 5.16. The number of methoxy groups -OCH3 is 1. The third-order valence-electron chi connectivity index (χ3n) is 1.84. The first-order chi connectivity index (χ1) is 6.27. The number of hydrogen-bond acceptors (Lipinski definition) is 1. The van der Waals surface area contributed by atoms with Crippen molar-refractivity contribution in [2.75, 3.05) is 7.11 Å². The Kier molecular flexibility index (Phi) is 3.32. The molecule has 1 aromatic carbocycles. The van der Waals surface area contributed by atoms with Crippen molar-refractivity contribution < 1.29 is 4.74 Å². The molecule has 0 radical (unpaired) electrons. The van der Waals surface area contributed by atoms with E-state index in [4.69, 9.17) is 4.74 Å². The van der Waals surface area contributed by atoms with Gasteiger partial charge in [-0.1, -0.05) is 30.9 Å². The second-order valence-electron chi connectivity index (χ2n) is 2.82. The summed E-state index contributed by atoms with van der Waals surface area (Å²) >= 11 is 0. The zero-order valence-corrected chi connectivity index (χ0v) is 8.08. The van der Waals surface area contributed by atoms with Crippen LogP contribution in [0.5, 0.6) is 5.75 Å². The minimum atomic E-state index is 0.927. The highest BCUT2D eigenvalue weighted by Gasteiger charge is 1.96. The van der Waals surface area contributed by atoms with Gasteiger partial charge in [0.1, 0.15) is 5.75 Å². The number of aryl methyl sites for hydroxylation is 1. The van der Waals surface area contributed by atoms with Gasteiger partial charge in [0.15, 0.2) is 0 Å². The molecule has 0 saturated heterocycles. The molecule has 0 aliphatic heterocycles. The summed E-state index contributed by atoms with van der Waals surface area (Å²) in [6.07, 6.45) is 5.69. The fourth-order valence-electron chi connectivity index (χ4n) is 1.18. The Morgan fingerprint density at radius 1 is 1.38 bits per heavy atom. The quantitative estimate of drug-likeness (QED) is 0.639. The smallest absolute Gasteiger partial charge is 0.121 e. The molecule has 0 heterocycles. The standard InChI is InChI=1S/C12H14O/c1-4-5-6-11-7-8-12(13-3)10(2)9-11/h4-9H,1H2,2-3H3/b6-5+. The van der Waals surface area contributed by atoms with Crippen LogP contribution in [0, 0.1) is 6.92 Å². The maximum Gasteiger partial charge on any atom is 0.121 e. The molecule has 0 saturated carbocycles. The molecule has 13 heavy (non-hydrogen) atoms. The van der Waals surface area contributed by atoms with Crippen LogP contribution < -0.4 is 4.74 Å². The van der Waals surface area contributed by atoms with Gasteiger partial charge in [-0.25, -0.2) is 0 Å². The van der Waals surface area contributed by atoms with Crippen LogP contribution in [0.25, 0.3) is 6.08 Å². The van der Waals surface area contributed by atoms with Gasteiger partial charge in [0, 0.05) is 0 Å². The number of benzene rings is 1. The van der Waals surface area contributed by atoms with Gasteiger partial charge in [0.05, 0.1) is 7.11 Å². The lowest BCUT2D eigenvalue weighted by Gasteiger charge is -2.04. The van der Waals surface area contributed by atoms with Gasteiger partial charge < -0.3 is 4.74 Å². The summed E-state index contributed by atoms with van der Waals surface area (Å²) in [5.74, 6) is 0.927. The van der Waals surface area contributed by atoms with E-state index in [1.165, 1.54) is 5.56 Å². The van der Waals surface area contributed by atoms with E-state index in [9.17, 15) is 0 Å². The van der Waals surface area contributed by atoms with E-state index in [1.807, 2.05) is 31.2 Å². The van der Waals surface area contributed by atoms with Crippen molar-refractivity contribution in [2.24, 2.45) is 0 Å². The second-order valence-corrected chi connectivity index (χ2v) is 2.82. The molecule has 0 fully saturated rings. The van der Waals surface area contributed by atoms with Crippen molar-refractivity contribution in [1.29, 1.82) is 0 Å². The first-order valence-electron chi connectivity index (χ1n) is 4.21. The molecule has 0 aliphatic rings. The van der Waals surface area contributed by atoms with E-state index < -0.39 is 0 Å². The highest BCUT2D eigenvalue weighted by molar-refractivity contribution is 5.54. The Bertz CT molecular complexity index is 324. The summed E-state index contributed by atoms with van der Waals surface area (Å²) < 4.78 is 5.16. The average Bonchev–Trinajstić information content (AvgIpc) is 2.15. The van der Waals surface area contributed by atoms with E-state index >= 15 is 0 Å². The first-order valence-corrected chi connectivity index (χ1v) is 4.21. The Balaban J connectivity index is 2.95. The molecule has 1 heteroatoms. The van der Waals surface area contributed by atoms with Gasteiger partial charge in [-0.15, -0.1) is 0 Å². The third-order valence-corrected chi connectivity index (χ3v) is 1.84. The van der Waals surface area contributed by atoms with Crippen LogP contribution in [-0.4, -0.2) is 7.11 Å². The number of rotatable bonds is 3. The van der Waals surface area contributed by atoms with Crippen LogP contribution in [-0.2, 0) is 0 Å². The lowest BCUT2D eigenvalue weighted by Crippen LogP contribution is -1.86. The van der Waals surface area contributed by atoms with E-state index in [0.717, 1.165) is 11.3 Å². The summed E-state index contributed by atoms with van der Waals surface area (Å²) in [7, 11) is 1.68. The van der Waals surface area contributed by atoms with Crippen molar-refractivity contribution in [3.05, 3.63) is 48.1 Å².